The van der Waals surface area contributed by atoms with E-state index < -0.39 is 0 Å². The van der Waals surface area contributed by atoms with E-state index in [4.69, 9.17) is 4.42 Å². The van der Waals surface area contributed by atoms with Gasteiger partial charge in [-0.15, -0.1) is 0 Å². The Kier molecular flexibility index (Phi) is 8.17. The van der Waals surface area contributed by atoms with Crippen molar-refractivity contribution in [3.8, 4) is 39.1 Å². The first kappa shape index (κ1) is 34.9. The SMILES string of the molecule is c1ccc(-c2cccc3cccc(-c4ccc(N(c5ccc(-n6c7ccccc7c7ccccc76)cc5)c5ccc(-c6ccccc6)c6c5oc5ccccc56)cc4)c23)cc1. The Morgan fingerprint density at radius 2 is 0.836 bits per heavy atom. The summed E-state index contributed by atoms with van der Waals surface area (Å²) in [5, 5.41) is 7.17. The van der Waals surface area contributed by atoms with Gasteiger partial charge in [-0.1, -0.05) is 170 Å². The number of nitrogens with zero attached hydrogens (tertiary/aromatic N) is 2. The van der Waals surface area contributed by atoms with Gasteiger partial charge in [0.1, 0.15) is 5.58 Å². The second kappa shape index (κ2) is 14.3. The van der Waals surface area contributed by atoms with Crippen LogP contribution in [0.1, 0.15) is 0 Å². The molecular formula is C58H38N2O. The van der Waals surface area contributed by atoms with Gasteiger partial charge in [-0.2, -0.15) is 0 Å². The van der Waals surface area contributed by atoms with Crippen molar-refractivity contribution in [1.82, 2.24) is 4.57 Å². The molecule has 0 aliphatic rings. The lowest BCUT2D eigenvalue weighted by molar-refractivity contribution is 0.669. The maximum Gasteiger partial charge on any atom is 0.160 e. The summed E-state index contributed by atoms with van der Waals surface area (Å²) in [4.78, 5) is 2.34. The fraction of sp³-hybridized carbons (Fsp3) is 0. The average Bonchev–Trinajstić information content (AvgIpc) is 3.89. The van der Waals surface area contributed by atoms with Crippen LogP contribution >= 0.6 is 0 Å². The molecule has 2 heterocycles. The first-order chi connectivity index (χ1) is 30.3. The third-order valence-corrected chi connectivity index (χ3v) is 12.2. The monoisotopic (exact) mass is 778 g/mol. The largest absolute Gasteiger partial charge is 0.454 e. The molecule has 0 saturated heterocycles. The zero-order valence-corrected chi connectivity index (χ0v) is 33.2. The summed E-state index contributed by atoms with van der Waals surface area (Å²) < 4.78 is 9.27. The lowest BCUT2D eigenvalue weighted by Crippen LogP contribution is -2.10. The van der Waals surface area contributed by atoms with Crippen LogP contribution in [0.5, 0.6) is 0 Å². The van der Waals surface area contributed by atoms with Crippen LogP contribution in [-0.2, 0) is 0 Å². The second-order valence-corrected chi connectivity index (χ2v) is 15.6. The molecule has 0 spiro atoms. The summed E-state index contributed by atoms with van der Waals surface area (Å²) in [6.45, 7) is 0. The first-order valence-electron chi connectivity index (χ1n) is 20.8. The van der Waals surface area contributed by atoms with Gasteiger partial charge in [0.25, 0.3) is 0 Å². The third kappa shape index (κ3) is 5.74. The van der Waals surface area contributed by atoms with E-state index in [1.54, 1.807) is 0 Å². The molecule has 12 aromatic rings. The van der Waals surface area contributed by atoms with Crippen molar-refractivity contribution in [2.45, 2.75) is 0 Å². The Morgan fingerprint density at radius 3 is 1.44 bits per heavy atom. The van der Waals surface area contributed by atoms with Crippen LogP contribution in [0.4, 0.5) is 17.1 Å². The van der Waals surface area contributed by atoms with Gasteiger partial charge in [-0.3, -0.25) is 0 Å². The van der Waals surface area contributed by atoms with Crippen molar-refractivity contribution in [2.75, 3.05) is 4.90 Å². The van der Waals surface area contributed by atoms with Crippen molar-refractivity contribution >= 4 is 71.6 Å². The van der Waals surface area contributed by atoms with Crippen molar-refractivity contribution in [3.05, 3.63) is 231 Å². The molecule has 61 heavy (non-hydrogen) atoms. The predicted octanol–water partition coefficient (Wildman–Crippen LogP) is 16.3. The summed E-state index contributed by atoms with van der Waals surface area (Å²) >= 11 is 0. The van der Waals surface area contributed by atoms with Gasteiger partial charge in [0.2, 0.25) is 0 Å². The highest BCUT2D eigenvalue weighted by molar-refractivity contribution is 6.17. The molecule has 2 aromatic heterocycles. The summed E-state index contributed by atoms with van der Waals surface area (Å²) in [6, 6.07) is 82.7. The quantitative estimate of drug-likeness (QED) is 0.161. The van der Waals surface area contributed by atoms with Crippen molar-refractivity contribution < 1.29 is 4.42 Å². The molecule has 0 N–H and O–H groups in total. The van der Waals surface area contributed by atoms with Crippen LogP contribution in [0.15, 0.2) is 235 Å². The molecular weight excluding hydrogens is 741 g/mol. The minimum Gasteiger partial charge on any atom is -0.454 e. The van der Waals surface area contributed by atoms with Crippen LogP contribution in [0.3, 0.4) is 0 Å². The molecule has 3 nitrogen and oxygen atoms in total. The highest BCUT2D eigenvalue weighted by atomic mass is 16.3. The minimum atomic E-state index is 0.847. The number of aromatic nitrogens is 1. The van der Waals surface area contributed by atoms with E-state index in [0.29, 0.717) is 0 Å². The molecule has 0 fully saturated rings. The van der Waals surface area contributed by atoms with Crippen LogP contribution < -0.4 is 4.90 Å². The number of benzene rings is 10. The fourth-order valence-corrected chi connectivity index (χ4v) is 9.46. The molecule has 10 aromatic carbocycles. The normalized spacial score (nSPS) is 11.6. The lowest BCUT2D eigenvalue weighted by Gasteiger charge is -2.26. The Bertz CT molecular complexity index is 3510. The van der Waals surface area contributed by atoms with E-state index in [1.807, 2.05) is 6.07 Å². The van der Waals surface area contributed by atoms with Gasteiger partial charge in [0.05, 0.1) is 16.7 Å². The second-order valence-electron chi connectivity index (χ2n) is 15.6. The molecule has 0 aliphatic heterocycles. The number of furan rings is 1. The average molecular weight is 779 g/mol. The van der Waals surface area contributed by atoms with Crippen molar-refractivity contribution in [3.63, 3.8) is 0 Å². The van der Waals surface area contributed by atoms with Gasteiger partial charge in [0.15, 0.2) is 5.58 Å². The van der Waals surface area contributed by atoms with E-state index in [-0.39, 0.29) is 0 Å². The Hall–Kier alpha value is -8.14. The van der Waals surface area contributed by atoms with E-state index in [1.165, 1.54) is 49.3 Å². The van der Waals surface area contributed by atoms with Gasteiger partial charge < -0.3 is 13.9 Å². The van der Waals surface area contributed by atoms with Gasteiger partial charge >= 0.3 is 0 Å². The van der Waals surface area contributed by atoms with Gasteiger partial charge in [-0.05, 0) is 105 Å². The number of fused-ring (bicyclic) bond motifs is 7. The number of anilines is 3. The maximum atomic E-state index is 6.90. The topological polar surface area (TPSA) is 21.3 Å². The maximum absolute atomic E-state index is 6.90. The molecule has 0 amide bonds. The lowest BCUT2D eigenvalue weighted by atomic mass is 9.91. The third-order valence-electron chi connectivity index (χ3n) is 12.2. The minimum absolute atomic E-state index is 0.847. The predicted molar refractivity (Wildman–Crippen MR) is 257 cm³/mol. The Morgan fingerprint density at radius 1 is 0.344 bits per heavy atom. The van der Waals surface area contributed by atoms with Crippen LogP contribution in [0, 0.1) is 0 Å². The Balaban J connectivity index is 1.05. The highest BCUT2D eigenvalue weighted by Crippen LogP contribution is 2.47. The molecule has 0 radical (unpaired) electrons. The summed E-state index contributed by atoms with van der Waals surface area (Å²) in [5.41, 5.74) is 15.3. The fourth-order valence-electron chi connectivity index (χ4n) is 9.46. The summed E-state index contributed by atoms with van der Waals surface area (Å²) in [6.07, 6.45) is 0. The summed E-state index contributed by atoms with van der Waals surface area (Å²) in [7, 11) is 0. The van der Waals surface area contributed by atoms with Crippen molar-refractivity contribution in [1.29, 1.82) is 0 Å². The highest BCUT2D eigenvalue weighted by Gasteiger charge is 2.23. The first-order valence-corrected chi connectivity index (χ1v) is 20.8. The number of para-hydroxylation sites is 3. The number of hydrogen-bond acceptors (Lipinski definition) is 2. The van der Waals surface area contributed by atoms with Gasteiger partial charge in [-0.25, -0.2) is 0 Å². The molecule has 0 saturated carbocycles. The van der Waals surface area contributed by atoms with E-state index in [9.17, 15) is 0 Å². The number of rotatable bonds is 7. The molecule has 12 rings (SSSR count). The summed E-state index contributed by atoms with van der Waals surface area (Å²) in [5.74, 6) is 0. The van der Waals surface area contributed by atoms with Crippen LogP contribution in [0.25, 0.3) is 93.6 Å². The van der Waals surface area contributed by atoms with Crippen LogP contribution in [0.2, 0.25) is 0 Å². The number of hydrogen-bond donors (Lipinski definition) is 0. The van der Waals surface area contributed by atoms with Crippen molar-refractivity contribution in [2.24, 2.45) is 0 Å². The molecule has 286 valence electrons. The smallest absolute Gasteiger partial charge is 0.160 e. The van der Waals surface area contributed by atoms with Crippen LogP contribution in [-0.4, -0.2) is 4.57 Å². The molecule has 3 heteroatoms. The molecule has 0 unspecified atom stereocenters. The van der Waals surface area contributed by atoms with E-state index >= 15 is 0 Å². The molecule has 0 atom stereocenters. The molecule has 0 bridgehead atoms. The van der Waals surface area contributed by atoms with Gasteiger partial charge in [0, 0.05) is 38.6 Å². The standard InChI is InChI=1S/C58H38N2O/c1-3-15-39(16-4-1)46-24-13-19-42-20-14-25-47(56(42)46)41-29-31-43(32-30-41)59(44-33-35-45(36-34-44)60-52-26-10-7-21-49(52)50-22-8-11-27-53(50)60)54-38-37-48(40-17-5-2-6-18-40)57-51-23-9-12-28-55(51)61-58(54)57/h1-38H. The molecule has 0 aliphatic carbocycles. The van der Waals surface area contributed by atoms with E-state index in [2.05, 4.69) is 234 Å². The van der Waals surface area contributed by atoms with E-state index in [0.717, 1.165) is 61.4 Å². The zero-order valence-electron chi connectivity index (χ0n) is 33.2. The zero-order chi connectivity index (χ0) is 40.3. The Labute approximate surface area is 353 Å².